The molecule has 0 radical (unpaired) electrons. The highest BCUT2D eigenvalue weighted by atomic mass is 35.5. The van der Waals surface area contributed by atoms with Crippen molar-refractivity contribution in [2.45, 2.75) is 96.1 Å². The number of aryl methyl sites for hydroxylation is 3. The topological polar surface area (TPSA) is 99.0 Å². The Morgan fingerprint density at radius 1 is 0.357 bits per heavy atom. The van der Waals surface area contributed by atoms with Crippen LogP contribution in [0.5, 0.6) is 0 Å². The van der Waals surface area contributed by atoms with Gasteiger partial charge in [0.15, 0.2) is 0 Å². The van der Waals surface area contributed by atoms with Crippen molar-refractivity contribution in [1.82, 2.24) is 38.2 Å². The van der Waals surface area contributed by atoms with Crippen molar-refractivity contribution >= 4 is 139 Å². The molecule has 0 N–H and O–H groups in total. The van der Waals surface area contributed by atoms with Crippen LogP contribution in [0.15, 0.2) is 233 Å². The number of hydrogen-bond acceptors (Lipinski definition) is 8. The summed E-state index contributed by atoms with van der Waals surface area (Å²) in [5.74, 6) is 0.904. The van der Waals surface area contributed by atoms with Gasteiger partial charge in [-0.05, 0) is 150 Å². The fourth-order valence-electron chi connectivity index (χ4n) is 10.1. The Labute approximate surface area is 631 Å². The molecule has 0 aliphatic rings. The number of aromatic nitrogens is 8. The molecule has 0 saturated heterocycles. The molecule has 4 heterocycles. The molecule has 0 amide bonds. The van der Waals surface area contributed by atoms with E-state index in [9.17, 15) is 0 Å². The van der Waals surface area contributed by atoms with E-state index >= 15 is 0 Å². The smallest absolute Gasteiger partial charge is 0.102 e. The van der Waals surface area contributed by atoms with Gasteiger partial charge in [0, 0.05) is 139 Å². The van der Waals surface area contributed by atoms with Gasteiger partial charge in [0.2, 0.25) is 0 Å². The standard InChI is InChI=1S/C19H17Cl3N2O.C19H18Cl2N2O.C19H18Cl2N2S.C18H14Cl4N2O/c1-13-5-6-14(18(22)9-13)19(10-24-8-7-23-12-24)25-11-15-16(20)3-2-4-17(15)21;1-14-10-17(21)6-7-18(14)19(11-23-9-8-22-13-23)24-12-15-2-4-16(20)5-3-15;1-14-2-7-17(18(21)10-14)19(11-23-9-8-22-13-23)24-12-15-3-5-16(20)6-4-15;19-13-2-1-12(16(21)7-13)10-25-18(9-24-6-5-23-11-24)15-4-3-14(20)8-17(15)22/h2-9,12,19H,10-11H2,1H3;2*2-10,13,19H,11-12H2,1H3;1-8,11,18H,9-10H2. The van der Waals surface area contributed by atoms with Crippen LogP contribution in [0.2, 0.25) is 55.2 Å². The predicted octanol–water partition coefficient (Wildman–Crippen LogP) is 24.2. The zero-order valence-electron chi connectivity index (χ0n) is 53.3. The van der Waals surface area contributed by atoms with Crippen LogP contribution in [0.3, 0.4) is 0 Å². The lowest BCUT2D eigenvalue weighted by molar-refractivity contribution is 0.0275. The fraction of sp³-hybridized carbons (Fsp3) is 0.200. The number of hydrogen-bond donors (Lipinski definition) is 0. The van der Waals surface area contributed by atoms with E-state index in [0.717, 1.165) is 82.5 Å². The number of halogens is 11. The summed E-state index contributed by atoms with van der Waals surface area (Å²) < 4.78 is 26.5. The van der Waals surface area contributed by atoms with Crippen LogP contribution >= 0.6 is 139 Å². The predicted molar refractivity (Wildman–Crippen MR) is 406 cm³/mol. The summed E-state index contributed by atoms with van der Waals surface area (Å²) in [5.41, 5.74) is 11.4. The number of imidazole rings is 4. The molecule has 12 rings (SSSR count). The first kappa shape index (κ1) is 76.2. The van der Waals surface area contributed by atoms with E-state index in [2.05, 4.69) is 55.7 Å². The fourth-order valence-corrected chi connectivity index (χ4v) is 14.1. The summed E-state index contributed by atoms with van der Waals surface area (Å²) in [7, 11) is 0. The summed E-state index contributed by atoms with van der Waals surface area (Å²) in [6, 6.07) is 49.9. The molecule has 23 heteroatoms. The van der Waals surface area contributed by atoms with Gasteiger partial charge in [-0.3, -0.25) is 0 Å². The first-order valence-corrected chi connectivity index (χ1v) is 35.9. The van der Waals surface area contributed by atoms with Crippen molar-refractivity contribution < 1.29 is 14.2 Å². The summed E-state index contributed by atoms with van der Waals surface area (Å²) in [4.78, 5) is 16.4. The largest absolute Gasteiger partial charge is 0.367 e. The molecular formula is C75H67Cl11N8O3S. The van der Waals surface area contributed by atoms with Gasteiger partial charge in [0.1, 0.15) is 18.3 Å². The van der Waals surface area contributed by atoms with Crippen molar-refractivity contribution in [3.8, 4) is 0 Å². The third-order valence-electron chi connectivity index (χ3n) is 15.3. The van der Waals surface area contributed by atoms with Gasteiger partial charge < -0.3 is 32.5 Å². The summed E-state index contributed by atoms with van der Waals surface area (Å²) in [6.07, 6.45) is 21.2. The molecule has 0 fully saturated rings. The van der Waals surface area contributed by atoms with Crippen molar-refractivity contribution in [3.63, 3.8) is 0 Å². The van der Waals surface area contributed by atoms with Gasteiger partial charge in [0.25, 0.3) is 0 Å². The van der Waals surface area contributed by atoms with Gasteiger partial charge in [-0.2, -0.15) is 0 Å². The highest BCUT2D eigenvalue weighted by molar-refractivity contribution is 7.98. The molecule has 98 heavy (non-hydrogen) atoms. The molecular weight excluding hydrogens is 1480 g/mol. The van der Waals surface area contributed by atoms with E-state index in [1.807, 2.05) is 167 Å². The zero-order valence-corrected chi connectivity index (χ0v) is 62.4. The van der Waals surface area contributed by atoms with E-state index in [4.69, 9.17) is 142 Å². The maximum absolute atomic E-state index is 6.51. The second kappa shape index (κ2) is 38.7. The van der Waals surface area contributed by atoms with E-state index in [1.165, 1.54) is 11.1 Å². The van der Waals surface area contributed by atoms with Gasteiger partial charge in [-0.15, -0.1) is 11.8 Å². The van der Waals surface area contributed by atoms with E-state index in [-0.39, 0.29) is 23.6 Å². The number of rotatable bonds is 24. The third kappa shape index (κ3) is 23.8. The Kier molecular flexibility index (Phi) is 30.1. The van der Waals surface area contributed by atoms with Gasteiger partial charge in [0.05, 0.1) is 64.8 Å². The van der Waals surface area contributed by atoms with Crippen LogP contribution < -0.4 is 0 Å². The van der Waals surface area contributed by atoms with Crippen LogP contribution in [-0.4, -0.2) is 38.2 Å². The van der Waals surface area contributed by atoms with Gasteiger partial charge in [-0.1, -0.05) is 200 Å². The maximum Gasteiger partial charge on any atom is 0.102 e. The Bertz CT molecular complexity index is 4240. The average molecular weight is 1550 g/mol. The maximum atomic E-state index is 6.51. The summed E-state index contributed by atoms with van der Waals surface area (Å²) in [6.45, 7) is 9.92. The molecule has 4 unspecified atom stereocenters. The third-order valence-corrected chi connectivity index (χ3v) is 19.9. The van der Waals surface area contributed by atoms with Crippen molar-refractivity contribution in [1.29, 1.82) is 0 Å². The van der Waals surface area contributed by atoms with Crippen molar-refractivity contribution in [2.24, 2.45) is 0 Å². The minimum atomic E-state index is -0.286. The van der Waals surface area contributed by atoms with Crippen molar-refractivity contribution in [3.05, 3.63) is 349 Å². The molecule has 4 atom stereocenters. The summed E-state index contributed by atoms with van der Waals surface area (Å²) >= 11 is 69.9. The first-order valence-electron chi connectivity index (χ1n) is 30.7. The number of benzene rings is 8. The Morgan fingerprint density at radius 2 is 0.755 bits per heavy atom. The lowest BCUT2D eigenvalue weighted by atomic mass is 10.0. The van der Waals surface area contributed by atoms with Crippen LogP contribution in [0.4, 0.5) is 0 Å². The monoisotopic (exact) mass is 1540 g/mol. The lowest BCUT2D eigenvalue weighted by Gasteiger charge is -2.21. The molecule has 4 aromatic heterocycles. The van der Waals surface area contributed by atoms with Crippen LogP contribution in [-0.2, 0) is 66.0 Å². The second-order valence-electron chi connectivity index (χ2n) is 22.6. The zero-order chi connectivity index (χ0) is 69.5. The summed E-state index contributed by atoms with van der Waals surface area (Å²) in [5, 5.41) is 7.43. The number of nitrogens with zero attached hydrogens (tertiary/aromatic N) is 8. The van der Waals surface area contributed by atoms with Crippen molar-refractivity contribution in [2.75, 3.05) is 0 Å². The molecule has 0 spiro atoms. The van der Waals surface area contributed by atoms with Gasteiger partial charge in [-0.25, -0.2) is 19.9 Å². The van der Waals surface area contributed by atoms with Crippen LogP contribution in [0.1, 0.15) is 84.8 Å². The highest BCUT2D eigenvalue weighted by Crippen LogP contribution is 2.39. The molecule has 0 bridgehead atoms. The van der Waals surface area contributed by atoms with Crippen LogP contribution in [0.25, 0.3) is 0 Å². The SMILES string of the molecule is Cc1cc(Cl)ccc1C(Cn1ccnc1)OCc1ccc(Cl)cc1.Cc1ccc(C(Cn2ccnc2)OCc2c(Cl)cccc2Cl)c(Cl)c1.Cc1ccc(C(Cn2ccnc2)SCc2ccc(Cl)cc2)c(Cl)c1.Clc1ccc(COC(Cn2ccnc2)c2ccc(Cl)cc2Cl)c(Cl)c1. The normalized spacial score (nSPS) is 12.3. The Morgan fingerprint density at radius 3 is 1.22 bits per heavy atom. The molecule has 0 aliphatic heterocycles. The Hall–Kier alpha value is -5.98. The minimum absolute atomic E-state index is 0.0906. The average Bonchev–Trinajstić information content (AvgIpc) is 0.926. The van der Waals surface area contributed by atoms with E-state index in [0.29, 0.717) is 74.6 Å². The molecule has 11 nitrogen and oxygen atoms in total. The second-order valence-corrected chi connectivity index (χ2v) is 28.5. The number of thioether (sulfide) groups is 1. The van der Waals surface area contributed by atoms with E-state index < -0.39 is 0 Å². The molecule has 0 saturated carbocycles. The van der Waals surface area contributed by atoms with Gasteiger partial charge >= 0.3 is 0 Å². The highest BCUT2D eigenvalue weighted by Gasteiger charge is 2.22. The first-order chi connectivity index (χ1) is 47.3. The molecule has 508 valence electrons. The molecule has 0 aliphatic carbocycles. The number of ether oxygens (including phenoxy) is 3. The quantitative estimate of drug-likeness (QED) is 0.0590. The lowest BCUT2D eigenvalue weighted by Crippen LogP contribution is -2.13. The molecule has 8 aromatic carbocycles. The van der Waals surface area contributed by atoms with Crippen LogP contribution in [0, 0.1) is 20.8 Å². The molecule has 12 aromatic rings. The Balaban J connectivity index is 0.000000153. The minimum Gasteiger partial charge on any atom is -0.367 e. The van der Waals surface area contributed by atoms with E-state index in [1.54, 1.807) is 80.2 Å².